The molecular weight excluding hydrogens is 204 g/mol. The molecule has 0 spiro atoms. The van der Waals surface area contributed by atoms with E-state index in [-0.39, 0.29) is 5.69 Å². The van der Waals surface area contributed by atoms with E-state index in [0.717, 1.165) is 17.0 Å². The first-order valence-electron chi connectivity index (χ1n) is 5.08. The molecule has 0 unspecified atom stereocenters. The number of ether oxygens (including phenoxy) is 1. The van der Waals surface area contributed by atoms with Gasteiger partial charge in [-0.05, 0) is 42.8 Å². The van der Waals surface area contributed by atoms with E-state index < -0.39 is 0 Å². The minimum Gasteiger partial charge on any atom is -0.494 e. The van der Waals surface area contributed by atoms with E-state index in [0.29, 0.717) is 6.61 Å². The molecule has 0 saturated heterocycles. The van der Waals surface area contributed by atoms with Gasteiger partial charge in [-0.3, -0.25) is 0 Å². The molecule has 1 aromatic carbocycles. The molecule has 0 radical (unpaired) electrons. The molecule has 82 valence electrons. The molecule has 4 nitrogen and oxygen atoms in total. The Balaban J connectivity index is 2.31. The van der Waals surface area contributed by atoms with Gasteiger partial charge in [0, 0.05) is 6.20 Å². The van der Waals surface area contributed by atoms with E-state index in [4.69, 9.17) is 4.74 Å². The van der Waals surface area contributed by atoms with Crippen LogP contribution in [0.4, 0.5) is 0 Å². The maximum Gasteiger partial charge on any atom is 0.345 e. The van der Waals surface area contributed by atoms with Crippen LogP contribution in [0, 0.1) is 0 Å². The number of H-pyrrole nitrogens is 1. The maximum absolute atomic E-state index is 11.0. The molecule has 0 atom stereocenters. The topological polar surface area (TPSA) is 55.0 Å². The van der Waals surface area contributed by atoms with E-state index in [1.54, 1.807) is 6.07 Å². The van der Waals surface area contributed by atoms with Crippen molar-refractivity contribution in [3.63, 3.8) is 0 Å². The number of benzene rings is 1. The second kappa shape index (κ2) is 4.61. The molecule has 1 aromatic heterocycles. The Morgan fingerprint density at radius 2 is 2.00 bits per heavy atom. The smallest absolute Gasteiger partial charge is 0.345 e. The van der Waals surface area contributed by atoms with E-state index >= 15 is 0 Å². The number of nitrogens with zero attached hydrogens (tertiary/aromatic N) is 1. The maximum atomic E-state index is 11.0. The predicted octanol–water partition coefficient (Wildman–Crippen LogP) is 1.84. The zero-order chi connectivity index (χ0) is 11.4. The Kier molecular flexibility index (Phi) is 3.00. The van der Waals surface area contributed by atoms with Crippen LogP contribution >= 0.6 is 0 Å². The fourth-order valence-electron chi connectivity index (χ4n) is 1.43. The highest BCUT2D eigenvalue weighted by Crippen LogP contribution is 2.19. The first kappa shape index (κ1) is 10.4. The molecule has 4 heteroatoms. The van der Waals surface area contributed by atoms with Gasteiger partial charge in [-0.1, -0.05) is 0 Å². The molecule has 2 rings (SSSR count). The number of hydrogen-bond donors (Lipinski definition) is 1. The monoisotopic (exact) mass is 216 g/mol. The Labute approximate surface area is 92.9 Å². The molecule has 0 aliphatic heterocycles. The largest absolute Gasteiger partial charge is 0.494 e. The average molecular weight is 216 g/mol. The number of aromatic nitrogens is 2. The highest BCUT2D eigenvalue weighted by atomic mass is 16.5. The lowest BCUT2D eigenvalue weighted by atomic mass is 10.1. The van der Waals surface area contributed by atoms with Crippen molar-refractivity contribution >= 4 is 0 Å². The lowest BCUT2D eigenvalue weighted by molar-refractivity contribution is 0.340. The van der Waals surface area contributed by atoms with Crippen LogP contribution in [0.15, 0.2) is 41.3 Å². The van der Waals surface area contributed by atoms with Gasteiger partial charge in [0.2, 0.25) is 0 Å². The number of rotatable bonds is 3. The standard InChI is InChI=1S/C12H12N2O2/c1-2-16-10-5-3-9(4-6-10)11-7-8-13-12(15)14-11/h3-8H,2H2,1H3,(H,13,14,15). The van der Waals surface area contributed by atoms with Gasteiger partial charge in [0.15, 0.2) is 0 Å². The highest BCUT2D eigenvalue weighted by Gasteiger charge is 1.99. The van der Waals surface area contributed by atoms with Crippen LogP contribution in [0.2, 0.25) is 0 Å². The third-order valence-corrected chi connectivity index (χ3v) is 2.15. The van der Waals surface area contributed by atoms with Crippen molar-refractivity contribution in [1.82, 2.24) is 9.97 Å². The summed E-state index contributed by atoms with van der Waals surface area (Å²) in [6, 6.07) is 9.30. The van der Waals surface area contributed by atoms with Crippen LogP contribution in [0.25, 0.3) is 11.3 Å². The Morgan fingerprint density at radius 3 is 2.62 bits per heavy atom. The lowest BCUT2D eigenvalue weighted by Crippen LogP contribution is -2.09. The average Bonchev–Trinajstić information content (AvgIpc) is 2.30. The molecule has 0 saturated carbocycles. The summed E-state index contributed by atoms with van der Waals surface area (Å²) >= 11 is 0. The molecule has 2 aromatic rings. The van der Waals surface area contributed by atoms with Gasteiger partial charge in [0.05, 0.1) is 12.3 Å². The van der Waals surface area contributed by atoms with Gasteiger partial charge in [-0.2, -0.15) is 0 Å². The van der Waals surface area contributed by atoms with Crippen LogP contribution in [0.1, 0.15) is 6.92 Å². The van der Waals surface area contributed by atoms with Gasteiger partial charge in [0.1, 0.15) is 5.75 Å². The second-order valence-corrected chi connectivity index (χ2v) is 3.25. The van der Waals surface area contributed by atoms with Crippen LogP contribution < -0.4 is 10.4 Å². The predicted molar refractivity (Wildman–Crippen MR) is 61.5 cm³/mol. The Morgan fingerprint density at radius 1 is 1.25 bits per heavy atom. The number of hydrogen-bond acceptors (Lipinski definition) is 3. The fourth-order valence-corrected chi connectivity index (χ4v) is 1.43. The summed E-state index contributed by atoms with van der Waals surface area (Å²) in [5, 5.41) is 0. The summed E-state index contributed by atoms with van der Waals surface area (Å²) in [6.07, 6.45) is 1.49. The van der Waals surface area contributed by atoms with Crippen LogP contribution in [-0.2, 0) is 0 Å². The summed E-state index contributed by atoms with van der Waals surface area (Å²) in [4.78, 5) is 17.3. The van der Waals surface area contributed by atoms with Gasteiger partial charge in [-0.15, -0.1) is 0 Å². The van der Waals surface area contributed by atoms with Gasteiger partial charge >= 0.3 is 5.69 Å². The number of nitrogens with one attached hydrogen (secondary N) is 1. The van der Waals surface area contributed by atoms with Crippen molar-refractivity contribution in [2.24, 2.45) is 0 Å². The van der Waals surface area contributed by atoms with Crippen LogP contribution in [0.3, 0.4) is 0 Å². The molecule has 1 N–H and O–H groups in total. The fraction of sp³-hybridized carbons (Fsp3) is 0.167. The SMILES string of the molecule is CCOc1ccc(-c2ccnc(=O)[nH]2)cc1. The van der Waals surface area contributed by atoms with E-state index in [1.807, 2.05) is 31.2 Å². The van der Waals surface area contributed by atoms with Crippen molar-refractivity contribution in [1.29, 1.82) is 0 Å². The van der Waals surface area contributed by atoms with Gasteiger partial charge < -0.3 is 9.72 Å². The first-order chi connectivity index (χ1) is 7.79. The summed E-state index contributed by atoms with van der Waals surface area (Å²) in [5.74, 6) is 0.822. The van der Waals surface area contributed by atoms with Gasteiger partial charge in [-0.25, -0.2) is 9.78 Å². The normalized spacial score (nSPS) is 10.1. The molecule has 0 aliphatic carbocycles. The molecule has 1 heterocycles. The summed E-state index contributed by atoms with van der Waals surface area (Å²) in [6.45, 7) is 2.58. The van der Waals surface area contributed by atoms with Gasteiger partial charge in [0.25, 0.3) is 0 Å². The molecular formula is C12H12N2O2. The summed E-state index contributed by atoms with van der Waals surface area (Å²) in [5.41, 5.74) is 1.34. The number of aromatic amines is 1. The van der Waals surface area contributed by atoms with E-state index in [9.17, 15) is 4.79 Å². The third kappa shape index (κ3) is 2.28. The zero-order valence-corrected chi connectivity index (χ0v) is 8.93. The minimum absolute atomic E-state index is 0.341. The van der Waals surface area contributed by atoms with Crippen molar-refractivity contribution < 1.29 is 4.74 Å². The van der Waals surface area contributed by atoms with E-state index in [1.165, 1.54) is 6.20 Å². The summed E-state index contributed by atoms with van der Waals surface area (Å²) in [7, 11) is 0. The van der Waals surface area contributed by atoms with Crippen molar-refractivity contribution in [2.75, 3.05) is 6.61 Å². The Bertz CT molecular complexity index is 517. The van der Waals surface area contributed by atoms with Crippen LogP contribution in [0.5, 0.6) is 5.75 Å². The quantitative estimate of drug-likeness (QED) is 0.851. The second-order valence-electron chi connectivity index (χ2n) is 3.25. The van der Waals surface area contributed by atoms with Crippen molar-refractivity contribution in [2.45, 2.75) is 6.92 Å². The Hall–Kier alpha value is -2.10. The van der Waals surface area contributed by atoms with Crippen molar-refractivity contribution in [3.05, 3.63) is 47.0 Å². The zero-order valence-electron chi connectivity index (χ0n) is 8.93. The molecule has 0 aliphatic rings. The minimum atomic E-state index is -0.341. The molecule has 0 bridgehead atoms. The third-order valence-electron chi connectivity index (χ3n) is 2.15. The van der Waals surface area contributed by atoms with E-state index in [2.05, 4.69) is 9.97 Å². The summed E-state index contributed by atoms with van der Waals surface area (Å²) < 4.78 is 5.34. The molecule has 0 fully saturated rings. The molecule has 0 amide bonds. The highest BCUT2D eigenvalue weighted by molar-refractivity contribution is 5.59. The molecule has 16 heavy (non-hydrogen) atoms. The van der Waals surface area contributed by atoms with Crippen molar-refractivity contribution in [3.8, 4) is 17.0 Å². The lowest BCUT2D eigenvalue weighted by Gasteiger charge is -2.04. The first-order valence-corrected chi connectivity index (χ1v) is 5.08. The van der Waals surface area contributed by atoms with Crippen LogP contribution in [-0.4, -0.2) is 16.6 Å².